The zero-order valence-electron chi connectivity index (χ0n) is 16.1. The third-order valence-electron chi connectivity index (χ3n) is 4.27. The molecule has 1 heterocycles. The molecular formula is C20H22F2N2O5. The van der Waals surface area contributed by atoms with E-state index in [-0.39, 0.29) is 30.6 Å². The van der Waals surface area contributed by atoms with E-state index in [1.165, 1.54) is 13.2 Å². The van der Waals surface area contributed by atoms with Gasteiger partial charge in [0.05, 0.1) is 7.11 Å². The lowest BCUT2D eigenvalue weighted by Gasteiger charge is -2.18. The maximum absolute atomic E-state index is 12.4. The number of fused-ring (bicyclic) bond motifs is 1. The molecule has 0 spiro atoms. The number of methoxy groups -OCH3 is 1. The topological polar surface area (TPSA) is 69.3 Å². The molecule has 1 aliphatic rings. The lowest BCUT2D eigenvalue weighted by molar-refractivity contribution is -0.116. The minimum Gasteiger partial charge on any atom is -0.493 e. The molecule has 0 bridgehead atoms. The van der Waals surface area contributed by atoms with Crippen LogP contribution in [0.25, 0.3) is 0 Å². The van der Waals surface area contributed by atoms with E-state index in [9.17, 15) is 13.6 Å². The van der Waals surface area contributed by atoms with Crippen LogP contribution in [0.2, 0.25) is 0 Å². The highest BCUT2D eigenvalue weighted by Gasteiger charge is 2.15. The number of halogens is 2. The summed E-state index contributed by atoms with van der Waals surface area (Å²) in [5.41, 5.74) is 1.49. The highest BCUT2D eigenvalue weighted by atomic mass is 19.3. The third kappa shape index (κ3) is 5.71. The number of alkyl halides is 2. The van der Waals surface area contributed by atoms with Crippen LogP contribution in [0, 0.1) is 0 Å². The van der Waals surface area contributed by atoms with Crippen molar-refractivity contribution in [1.29, 1.82) is 0 Å². The van der Waals surface area contributed by atoms with E-state index in [1.807, 2.05) is 11.9 Å². The maximum atomic E-state index is 12.4. The second kappa shape index (κ2) is 9.42. The van der Waals surface area contributed by atoms with Crippen LogP contribution in [0.3, 0.4) is 0 Å². The SMILES string of the molecule is COc1cc(CN(C)CCC(=O)Nc2ccc3c(c2)OCO3)ccc1OC(F)F. The average molecular weight is 408 g/mol. The summed E-state index contributed by atoms with van der Waals surface area (Å²) in [5, 5.41) is 2.83. The van der Waals surface area contributed by atoms with Gasteiger partial charge in [-0.15, -0.1) is 0 Å². The molecule has 0 unspecified atom stereocenters. The summed E-state index contributed by atoms with van der Waals surface area (Å²) in [6.45, 7) is -1.71. The van der Waals surface area contributed by atoms with Gasteiger partial charge in [-0.3, -0.25) is 4.79 Å². The number of hydrogen-bond acceptors (Lipinski definition) is 6. The standard InChI is InChI=1S/C20H22F2N2O5/c1-24(11-13-3-5-16(29-20(21)22)17(9-13)26-2)8-7-19(25)23-14-4-6-15-18(10-14)28-12-27-15/h3-6,9-10,20H,7-8,11-12H2,1-2H3,(H,23,25). The van der Waals surface area contributed by atoms with E-state index in [0.29, 0.717) is 30.3 Å². The van der Waals surface area contributed by atoms with Crippen molar-refractivity contribution >= 4 is 11.6 Å². The van der Waals surface area contributed by atoms with E-state index < -0.39 is 6.61 Å². The number of amides is 1. The van der Waals surface area contributed by atoms with Crippen molar-refractivity contribution in [2.45, 2.75) is 19.6 Å². The second-order valence-electron chi connectivity index (χ2n) is 6.47. The van der Waals surface area contributed by atoms with Crippen molar-refractivity contribution in [3.63, 3.8) is 0 Å². The Balaban J connectivity index is 1.49. The molecule has 2 aromatic rings. The first-order chi connectivity index (χ1) is 13.9. The number of carbonyl (C=O) groups excluding carboxylic acids is 1. The largest absolute Gasteiger partial charge is 0.493 e. The number of hydrogen-bond donors (Lipinski definition) is 1. The molecule has 2 aromatic carbocycles. The Hall–Kier alpha value is -3.07. The Morgan fingerprint density at radius 3 is 2.72 bits per heavy atom. The Morgan fingerprint density at radius 2 is 1.97 bits per heavy atom. The normalized spacial score (nSPS) is 12.3. The minimum absolute atomic E-state index is 0.0167. The summed E-state index contributed by atoms with van der Waals surface area (Å²) in [6.07, 6.45) is 0.286. The van der Waals surface area contributed by atoms with Gasteiger partial charge in [0.15, 0.2) is 23.0 Å². The van der Waals surface area contributed by atoms with Crippen LogP contribution in [-0.2, 0) is 11.3 Å². The molecule has 1 amide bonds. The van der Waals surface area contributed by atoms with Crippen molar-refractivity contribution in [3.8, 4) is 23.0 Å². The van der Waals surface area contributed by atoms with E-state index in [2.05, 4.69) is 10.1 Å². The summed E-state index contributed by atoms with van der Waals surface area (Å²) >= 11 is 0. The summed E-state index contributed by atoms with van der Waals surface area (Å²) in [6, 6.07) is 9.99. The number of benzene rings is 2. The molecule has 9 heteroatoms. The van der Waals surface area contributed by atoms with Crippen molar-refractivity contribution in [3.05, 3.63) is 42.0 Å². The van der Waals surface area contributed by atoms with Crippen LogP contribution < -0.4 is 24.3 Å². The quantitative estimate of drug-likeness (QED) is 0.685. The van der Waals surface area contributed by atoms with Gasteiger partial charge in [0.1, 0.15) is 0 Å². The maximum Gasteiger partial charge on any atom is 0.387 e. The average Bonchev–Trinajstić information content (AvgIpc) is 3.15. The van der Waals surface area contributed by atoms with Gasteiger partial charge in [0, 0.05) is 31.3 Å². The fraction of sp³-hybridized carbons (Fsp3) is 0.350. The molecule has 0 saturated carbocycles. The number of ether oxygens (including phenoxy) is 4. The Kier molecular flexibility index (Phi) is 6.71. The third-order valence-corrected chi connectivity index (χ3v) is 4.27. The summed E-state index contributed by atoms with van der Waals surface area (Å²) in [4.78, 5) is 14.1. The first-order valence-electron chi connectivity index (χ1n) is 8.94. The lowest BCUT2D eigenvalue weighted by Crippen LogP contribution is -2.24. The molecule has 156 valence electrons. The summed E-state index contributed by atoms with van der Waals surface area (Å²) < 4.78 is 44.9. The van der Waals surface area contributed by atoms with E-state index in [1.54, 1.807) is 30.3 Å². The van der Waals surface area contributed by atoms with Crippen molar-refractivity contribution in [1.82, 2.24) is 4.90 Å². The Bertz CT molecular complexity index is 863. The number of anilines is 1. The van der Waals surface area contributed by atoms with Gasteiger partial charge >= 0.3 is 6.61 Å². The number of nitrogens with zero attached hydrogens (tertiary/aromatic N) is 1. The fourth-order valence-corrected chi connectivity index (χ4v) is 2.88. The molecule has 0 saturated heterocycles. The fourth-order valence-electron chi connectivity index (χ4n) is 2.88. The van der Waals surface area contributed by atoms with Crippen LogP contribution in [-0.4, -0.2) is 44.9 Å². The van der Waals surface area contributed by atoms with Crippen molar-refractivity contribution in [2.75, 3.05) is 32.8 Å². The molecule has 0 atom stereocenters. The monoisotopic (exact) mass is 408 g/mol. The van der Waals surface area contributed by atoms with Gasteiger partial charge < -0.3 is 29.2 Å². The van der Waals surface area contributed by atoms with Gasteiger partial charge in [0.2, 0.25) is 12.7 Å². The van der Waals surface area contributed by atoms with Crippen molar-refractivity contribution < 1.29 is 32.5 Å². The molecule has 0 aliphatic carbocycles. The summed E-state index contributed by atoms with van der Waals surface area (Å²) in [7, 11) is 3.26. The van der Waals surface area contributed by atoms with E-state index >= 15 is 0 Å². The van der Waals surface area contributed by atoms with E-state index in [0.717, 1.165) is 5.56 Å². The number of nitrogens with one attached hydrogen (secondary N) is 1. The van der Waals surface area contributed by atoms with Crippen LogP contribution >= 0.6 is 0 Å². The smallest absolute Gasteiger partial charge is 0.387 e. The van der Waals surface area contributed by atoms with Crippen LogP contribution in [0.4, 0.5) is 14.5 Å². The molecule has 0 aromatic heterocycles. The lowest BCUT2D eigenvalue weighted by atomic mass is 10.2. The van der Waals surface area contributed by atoms with Crippen molar-refractivity contribution in [2.24, 2.45) is 0 Å². The first-order valence-corrected chi connectivity index (χ1v) is 8.94. The van der Waals surface area contributed by atoms with Crippen LogP contribution in [0.15, 0.2) is 36.4 Å². The highest BCUT2D eigenvalue weighted by Crippen LogP contribution is 2.34. The van der Waals surface area contributed by atoms with Gasteiger partial charge in [0.25, 0.3) is 0 Å². The Labute approximate surface area is 167 Å². The molecular weight excluding hydrogens is 386 g/mol. The highest BCUT2D eigenvalue weighted by molar-refractivity contribution is 5.91. The van der Waals surface area contributed by atoms with Crippen LogP contribution in [0.5, 0.6) is 23.0 Å². The van der Waals surface area contributed by atoms with Gasteiger partial charge in [-0.1, -0.05) is 6.07 Å². The van der Waals surface area contributed by atoms with Gasteiger partial charge in [-0.05, 0) is 36.9 Å². The molecule has 0 radical (unpaired) electrons. The zero-order valence-corrected chi connectivity index (χ0v) is 16.1. The molecule has 3 rings (SSSR count). The molecule has 7 nitrogen and oxygen atoms in total. The van der Waals surface area contributed by atoms with Gasteiger partial charge in [-0.25, -0.2) is 0 Å². The number of carbonyl (C=O) groups is 1. The first kappa shape index (κ1) is 20.7. The predicted molar refractivity (Wildman–Crippen MR) is 102 cm³/mol. The molecule has 1 aliphatic heterocycles. The van der Waals surface area contributed by atoms with Crippen LogP contribution in [0.1, 0.15) is 12.0 Å². The number of rotatable bonds is 9. The summed E-state index contributed by atoms with van der Waals surface area (Å²) in [5.74, 6) is 1.35. The van der Waals surface area contributed by atoms with E-state index in [4.69, 9.17) is 14.2 Å². The predicted octanol–water partition coefficient (Wildman–Crippen LogP) is 3.49. The van der Waals surface area contributed by atoms with Gasteiger partial charge in [-0.2, -0.15) is 8.78 Å². The second-order valence-corrected chi connectivity index (χ2v) is 6.47. The molecule has 1 N–H and O–H groups in total. The Morgan fingerprint density at radius 1 is 1.17 bits per heavy atom. The minimum atomic E-state index is -2.92. The zero-order chi connectivity index (χ0) is 20.8. The molecule has 0 fully saturated rings. The molecule has 29 heavy (non-hydrogen) atoms.